The number of thioether (sulfide) groups is 1. The lowest BCUT2D eigenvalue weighted by molar-refractivity contribution is -0.119. The molecule has 1 amide bonds. The molecular formula is C16H25N3O2S. The second-order valence-electron chi connectivity index (χ2n) is 6.73. The van der Waals surface area contributed by atoms with Crippen LogP contribution in [-0.4, -0.2) is 32.4 Å². The number of hydrogen-bond donors (Lipinski definition) is 2. The van der Waals surface area contributed by atoms with Crippen molar-refractivity contribution in [2.24, 2.45) is 24.8 Å². The van der Waals surface area contributed by atoms with Crippen LogP contribution in [0.5, 0.6) is 0 Å². The van der Waals surface area contributed by atoms with E-state index in [1.165, 1.54) is 37.4 Å². The zero-order valence-electron chi connectivity index (χ0n) is 13.3. The monoisotopic (exact) mass is 323 g/mol. The summed E-state index contributed by atoms with van der Waals surface area (Å²) in [4.78, 5) is 16.4. The maximum Gasteiger partial charge on any atom is 0.230 e. The van der Waals surface area contributed by atoms with Gasteiger partial charge in [-0.25, -0.2) is 4.98 Å². The van der Waals surface area contributed by atoms with E-state index in [0.29, 0.717) is 11.7 Å². The molecule has 122 valence electrons. The van der Waals surface area contributed by atoms with Gasteiger partial charge in [-0.05, 0) is 43.9 Å². The Labute approximate surface area is 135 Å². The van der Waals surface area contributed by atoms with E-state index in [2.05, 4.69) is 17.2 Å². The second-order valence-corrected chi connectivity index (χ2v) is 7.68. The molecule has 6 heteroatoms. The van der Waals surface area contributed by atoms with Crippen molar-refractivity contribution in [3.63, 3.8) is 0 Å². The average Bonchev–Trinajstić information content (AvgIpc) is 3.20. The Balaban J connectivity index is 1.47. The van der Waals surface area contributed by atoms with Crippen molar-refractivity contribution in [3.05, 3.63) is 11.9 Å². The van der Waals surface area contributed by atoms with Gasteiger partial charge in [0, 0.05) is 13.1 Å². The largest absolute Gasteiger partial charge is 0.390 e. The van der Waals surface area contributed by atoms with Crippen molar-refractivity contribution in [1.29, 1.82) is 0 Å². The van der Waals surface area contributed by atoms with Gasteiger partial charge in [-0.15, -0.1) is 0 Å². The third-order valence-electron chi connectivity index (χ3n) is 5.36. The second kappa shape index (κ2) is 6.62. The first-order valence-electron chi connectivity index (χ1n) is 8.12. The zero-order valence-corrected chi connectivity index (χ0v) is 14.1. The lowest BCUT2D eigenvalue weighted by atomic mass is 9.84. The van der Waals surface area contributed by atoms with Crippen LogP contribution in [0.15, 0.2) is 11.4 Å². The van der Waals surface area contributed by atoms with Crippen LogP contribution in [0.3, 0.4) is 0 Å². The highest BCUT2D eigenvalue weighted by atomic mass is 32.2. The highest BCUT2D eigenvalue weighted by molar-refractivity contribution is 7.99. The first-order valence-corrected chi connectivity index (χ1v) is 9.10. The van der Waals surface area contributed by atoms with Crippen LogP contribution in [-0.2, 0) is 18.4 Å². The van der Waals surface area contributed by atoms with E-state index >= 15 is 0 Å². The van der Waals surface area contributed by atoms with Crippen molar-refractivity contribution in [2.75, 3.05) is 5.75 Å². The molecule has 0 saturated heterocycles. The highest BCUT2D eigenvalue weighted by Crippen LogP contribution is 2.49. The smallest absolute Gasteiger partial charge is 0.230 e. The van der Waals surface area contributed by atoms with E-state index < -0.39 is 0 Å². The summed E-state index contributed by atoms with van der Waals surface area (Å²) < 4.78 is 1.83. The Bertz CT molecular complexity index is 545. The number of carbonyl (C=O) groups excluding carboxylic acids is 1. The summed E-state index contributed by atoms with van der Waals surface area (Å²) in [6.07, 6.45) is 7.05. The number of nitrogens with one attached hydrogen (secondary N) is 1. The van der Waals surface area contributed by atoms with Crippen molar-refractivity contribution < 1.29 is 9.90 Å². The maximum absolute atomic E-state index is 12.2. The number of rotatable bonds is 6. The Hall–Kier alpha value is -1.01. The Morgan fingerprint density at radius 1 is 1.55 bits per heavy atom. The molecule has 4 unspecified atom stereocenters. The first-order chi connectivity index (χ1) is 10.6. The summed E-state index contributed by atoms with van der Waals surface area (Å²) in [5.41, 5.74) is 0.762. The molecule has 5 nitrogen and oxygen atoms in total. The van der Waals surface area contributed by atoms with Gasteiger partial charge in [0.2, 0.25) is 5.91 Å². The van der Waals surface area contributed by atoms with E-state index in [1.807, 2.05) is 11.6 Å². The maximum atomic E-state index is 12.2. The Morgan fingerprint density at radius 2 is 2.36 bits per heavy atom. The Morgan fingerprint density at radius 3 is 2.95 bits per heavy atom. The van der Waals surface area contributed by atoms with Crippen molar-refractivity contribution in [3.8, 4) is 0 Å². The molecule has 0 spiro atoms. The fourth-order valence-electron chi connectivity index (χ4n) is 4.15. The molecule has 1 aromatic rings. The predicted octanol–water partition coefficient (Wildman–Crippen LogP) is 1.95. The number of hydrogen-bond acceptors (Lipinski definition) is 4. The van der Waals surface area contributed by atoms with Crippen LogP contribution < -0.4 is 5.32 Å². The molecule has 4 atom stereocenters. The van der Waals surface area contributed by atoms with E-state index in [1.54, 1.807) is 6.20 Å². The lowest BCUT2D eigenvalue weighted by Crippen LogP contribution is -2.40. The molecule has 2 aliphatic rings. The number of aliphatic hydroxyl groups excluding tert-OH is 1. The van der Waals surface area contributed by atoms with Crippen LogP contribution in [0.1, 0.15) is 38.3 Å². The van der Waals surface area contributed by atoms with Crippen molar-refractivity contribution in [1.82, 2.24) is 14.9 Å². The molecule has 22 heavy (non-hydrogen) atoms. The summed E-state index contributed by atoms with van der Waals surface area (Å²) in [5, 5.41) is 13.1. The average molecular weight is 323 g/mol. The molecular weight excluding hydrogens is 298 g/mol. The predicted molar refractivity (Wildman–Crippen MR) is 86.4 cm³/mol. The molecule has 0 aliphatic heterocycles. The minimum Gasteiger partial charge on any atom is -0.390 e. The topological polar surface area (TPSA) is 67.2 Å². The van der Waals surface area contributed by atoms with Crippen LogP contribution in [0.2, 0.25) is 0 Å². The fourth-order valence-corrected chi connectivity index (χ4v) is 4.93. The van der Waals surface area contributed by atoms with E-state index in [0.717, 1.165) is 22.7 Å². The fraction of sp³-hybridized carbons (Fsp3) is 0.750. The van der Waals surface area contributed by atoms with Gasteiger partial charge in [0.25, 0.3) is 0 Å². The van der Waals surface area contributed by atoms with Crippen molar-refractivity contribution in [2.45, 2.75) is 50.4 Å². The van der Waals surface area contributed by atoms with Gasteiger partial charge >= 0.3 is 0 Å². The third-order valence-corrected chi connectivity index (χ3v) is 6.40. The van der Waals surface area contributed by atoms with E-state index in [4.69, 9.17) is 5.11 Å². The summed E-state index contributed by atoms with van der Waals surface area (Å²) >= 11 is 1.42. The van der Waals surface area contributed by atoms with Gasteiger partial charge in [-0.1, -0.05) is 18.2 Å². The van der Waals surface area contributed by atoms with Crippen LogP contribution in [0.4, 0.5) is 0 Å². The normalized spacial score (nSPS) is 28.0. The van der Waals surface area contributed by atoms with Gasteiger partial charge in [-0.2, -0.15) is 0 Å². The van der Waals surface area contributed by atoms with Gasteiger partial charge in [0.15, 0.2) is 5.16 Å². The summed E-state index contributed by atoms with van der Waals surface area (Å²) in [6, 6.07) is 0.276. The molecule has 2 saturated carbocycles. The molecule has 1 aromatic heterocycles. The minimum absolute atomic E-state index is 0.0302. The number of imidazole rings is 1. The molecule has 2 aliphatic carbocycles. The van der Waals surface area contributed by atoms with E-state index in [-0.39, 0.29) is 18.6 Å². The van der Waals surface area contributed by atoms with Crippen LogP contribution >= 0.6 is 11.8 Å². The molecule has 2 bridgehead atoms. The number of nitrogens with zero attached hydrogens (tertiary/aromatic N) is 2. The quantitative estimate of drug-likeness (QED) is 0.785. The van der Waals surface area contributed by atoms with Gasteiger partial charge in [0.1, 0.15) is 0 Å². The molecule has 3 rings (SSSR count). The summed E-state index contributed by atoms with van der Waals surface area (Å²) in [7, 11) is 1.86. The molecule has 1 heterocycles. The number of aliphatic hydroxyl groups is 1. The summed E-state index contributed by atoms with van der Waals surface area (Å²) in [6.45, 7) is 2.12. The van der Waals surface area contributed by atoms with E-state index in [9.17, 15) is 4.79 Å². The Kier molecular flexibility index (Phi) is 4.78. The van der Waals surface area contributed by atoms with Crippen LogP contribution in [0, 0.1) is 17.8 Å². The van der Waals surface area contributed by atoms with Crippen molar-refractivity contribution >= 4 is 17.7 Å². The highest BCUT2D eigenvalue weighted by Gasteiger charge is 2.42. The van der Waals surface area contributed by atoms with Gasteiger partial charge in [-0.3, -0.25) is 4.79 Å². The number of aromatic nitrogens is 2. The molecule has 0 radical (unpaired) electrons. The van der Waals surface area contributed by atoms with Crippen LogP contribution in [0.25, 0.3) is 0 Å². The number of amides is 1. The molecule has 2 N–H and O–H groups in total. The van der Waals surface area contributed by atoms with Gasteiger partial charge < -0.3 is 15.0 Å². The number of carbonyl (C=O) groups is 1. The van der Waals surface area contributed by atoms with Gasteiger partial charge in [0.05, 0.1) is 24.3 Å². The third kappa shape index (κ3) is 3.18. The SMILES string of the molecule is CC(NC(=O)CSc1ncc(CO)n1C)C1CC2CCC1C2. The lowest BCUT2D eigenvalue weighted by Gasteiger charge is -2.28. The molecule has 2 fully saturated rings. The standard InChI is InChI=1S/C16H25N3O2S/c1-10(14-6-11-3-4-12(14)5-11)18-15(21)9-22-16-17-7-13(8-20)19(16)2/h7,10-12,14,20H,3-6,8-9H2,1-2H3,(H,18,21). The first kappa shape index (κ1) is 15.9. The summed E-state index contributed by atoms with van der Waals surface area (Å²) in [5.74, 6) is 2.86. The molecule has 0 aromatic carbocycles. The zero-order chi connectivity index (χ0) is 15.7. The number of fused-ring (bicyclic) bond motifs is 2. The minimum atomic E-state index is -0.0302.